The third-order valence-corrected chi connectivity index (χ3v) is 14.8. The summed E-state index contributed by atoms with van der Waals surface area (Å²) in [5.41, 5.74) is 4.69. The van der Waals surface area contributed by atoms with E-state index in [-0.39, 0.29) is 43.7 Å². The molecule has 0 atom stereocenters. The van der Waals surface area contributed by atoms with Crippen molar-refractivity contribution in [1.82, 2.24) is 0 Å². The molecule has 1 N–H and O–H groups in total. The van der Waals surface area contributed by atoms with E-state index in [2.05, 4.69) is 0 Å². The number of anilines is 1. The molecule has 0 bridgehead atoms. The minimum Gasteiger partial charge on any atom is -0.748 e. The summed E-state index contributed by atoms with van der Waals surface area (Å²) in [6.45, 7) is 8.22. The molecule has 2 aliphatic heterocycles. The van der Waals surface area contributed by atoms with Crippen LogP contribution in [0.3, 0.4) is 0 Å². The second kappa shape index (κ2) is 18.3. The molecule has 19 heteroatoms. The summed E-state index contributed by atoms with van der Waals surface area (Å²) in [6, 6.07) is 16.3. The van der Waals surface area contributed by atoms with Gasteiger partial charge in [-0.3, -0.25) is 4.79 Å². The van der Waals surface area contributed by atoms with Crippen LogP contribution >= 0.6 is 0 Å². The summed E-state index contributed by atoms with van der Waals surface area (Å²) in [7, 11) is -17.4. The van der Waals surface area contributed by atoms with Gasteiger partial charge in [0.25, 0.3) is 0 Å². The fourth-order valence-corrected chi connectivity index (χ4v) is 10.2. The van der Waals surface area contributed by atoms with Gasteiger partial charge in [-0.2, -0.15) is 4.58 Å². The maximum Gasteiger partial charge on any atom is 0.303 e. The number of carboxylic acid groups (broad SMARTS) is 1. The first-order valence-electron chi connectivity index (χ1n) is 19.8. The molecule has 336 valence electrons. The number of hydrogen-bond donors (Lipinski definition) is 1. The second-order valence-corrected chi connectivity index (χ2v) is 23.0. The van der Waals surface area contributed by atoms with Crippen LogP contribution in [0.15, 0.2) is 100 Å². The molecule has 3 aromatic carbocycles. The number of carbonyl (C=O) groups is 1. The maximum absolute atomic E-state index is 12.7. The number of rotatable bonds is 19. The summed E-state index contributed by atoms with van der Waals surface area (Å²) in [5.74, 6) is -2.09. The average Bonchev–Trinajstić information content (AvgIpc) is 3.50. The van der Waals surface area contributed by atoms with Crippen molar-refractivity contribution in [2.75, 3.05) is 35.8 Å². The van der Waals surface area contributed by atoms with Gasteiger partial charge in [0.15, 0.2) is 15.5 Å². The van der Waals surface area contributed by atoms with Crippen LogP contribution in [-0.2, 0) is 62.2 Å². The number of carboxylic acids is 1. The topological polar surface area (TPSA) is 249 Å². The first kappa shape index (κ1) is 48.5. The van der Waals surface area contributed by atoms with Crippen molar-refractivity contribution in [2.24, 2.45) is 0 Å². The van der Waals surface area contributed by atoms with Gasteiger partial charge in [0, 0.05) is 71.7 Å². The van der Waals surface area contributed by atoms with Crippen LogP contribution in [-0.4, -0.2) is 99.5 Å². The minimum atomic E-state index is -4.84. The van der Waals surface area contributed by atoms with Crippen LogP contribution in [0.1, 0.15) is 82.1 Å². The van der Waals surface area contributed by atoms with Crippen LogP contribution in [0.2, 0.25) is 0 Å². The predicted molar refractivity (Wildman–Crippen MR) is 232 cm³/mol. The van der Waals surface area contributed by atoms with Gasteiger partial charge in [-0.25, -0.2) is 33.7 Å². The fraction of sp³-hybridized carbons (Fsp3) is 0.395. The molecule has 62 heavy (non-hydrogen) atoms. The van der Waals surface area contributed by atoms with E-state index in [1.165, 1.54) is 18.2 Å². The number of fused-ring (bicyclic) bond motifs is 2. The number of aryl methyl sites for hydroxylation is 1. The Balaban J connectivity index is 1.68. The molecule has 0 aliphatic carbocycles. The molecule has 2 heterocycles. The zero-order chi connectivity index (χ0) is 46.1. The Bertz CT molecular complexity index is 2820. The summed E-state index contributed by atoms with van der Waals surface area (Å²) in [5, 5.41) is 9.25. The number of hydrogen-bond acceptors (Lipinski definition) is 13. The Morgan fingerprint density at radius 2 is 1.35 bits per heavy atom. The van der Waals surface area contributed by atoms with E-state index < -0.39 is 73.4 Å². The Morgan fingerprint density at radius 1 is 0.758 bits per heavy atom. The first-order valence-corrected chi connectivity index (χ1v) is 26.2. The standard InChI is InChI=1S/C43H52N2O13S4/c1-42(2)35-19-17-33(59(5,48)49)28-37(35)44(24-6-8-26-60(50,51)52)39(42)21-15-32(31-13-10-30(11-14-31)12-23-41(46)47)16-22-40-43(3,4)36-20-18-34(62(56,57)58)29-38(36)45(40)25-7-9-27-61(53,54)55/h10-11,13-22,28-29H,6-9,12,23-27H2,1-5H3,(H3-,46,47,50,51,52,53,54,55,56,57,58)/p-2. The quantitative estimate of drug-likeness (QED) is 0.0688. The zero-order valence-electron chi connectivity index (χ0n) is 35.0. The molecular formula is C43H50N2O13S4-2. The van der Waals surface area contributed by atoms with Gasteiger partial charge >= 0.3 is 5.97 Å². The van der Waals surface area contributed by atoms with Crippen molar-refractivity contribution in [1.29, 1.82) is 0 Å². The van der Waals surface area contributed by atoms with Gasteiger partial charge in [-0.1, -0.05) is 50.3 Å². The predicted octanol–water partition coefficient (Wildman–Crippen LogP) is 5.36. The molecular weight excluding hydrogens is 881 g/mol. The Labute approximate surface area is 364 Å². The van der Waals surface area contributed by atoms with Gasteiger partial charge in [0.1, 0.15) is 16.7 Å². The van der Waals surface area contributed by atoms with E-state index in [9.17, 15) is 57.2 Å². The van der Waals surface area contributed by atoms with E-state index in [4.69, 9.17) is 0 Å². The Kier molecular flexibility index (Phi) is 14.3. The molecule has 0 radical (unpaired) electrons. The number of unbranched alkanes of at least 4 members (excludes halogenated alkanes) is 2. The Morgan fingerprint density at radius 3 is 1.94 bits per heavy atom. The van der Waals surface area contributed by atoms with Gasteiger partial charge in [-0.05, 0) is 98.2 Å². The smallest absolute Gasteiger partial charge is 0.303 e. The largest absolute Gasteiger partial charge is 0.748 e. The molecule has 5 rings (SSSR count). The molecule has 0 fully saturated rings. The normalized spacial score (nSPS) is 17.3. The third kappa shape index (κ3) is 11.7. The van der Waals surface area contributed by atoms with Crippen LogP contribution < -0.4 is 4.90 Å². The molecule has 15 nitrogen and oxygen atoms in total. The summed E-state index contributed by atoms with van der Waals surface area (Å²) >= 11 is 0. The average molecular weight is 931 g/mol. The molecule has 0 amide bonds. The lowest BCUT2D eigenvalue weighted by Gasteiger charge is -2.27. The Hall–Kier alpha value is -4.50. The van der Waals surface area contributed by atoms with Gasteiger partial charge in [-0.15, -0.1) is 0 Å². The van der Waals surface area contributed by atoms with Crippen molar-refractivity contribution < 1.29 is 61.8 Å². The zero-order valence-corrected chi connectivity index (χ0v) is 38.3. The van der Waals surface area contributed by atoms with E-state index in [0.29, 0.717) is 41.1 Å². The highest BCUT2D eigenvalue weighted by Gasteiger charge is 2.45. The van der Waals surface area contributed by atoms with Crippen molar-refractivity contribution in [3.63, 3.8) is 0 Å². The van der Waals surface area contributed by atoms with E-state index >= 15 is 0 Å². The van der Waals surface area contributed by atoms with Crippen molar-refractivity contribution in [2.45, 2.75) is 86.8 Å². The van der Waals surface area contributed by atoms with E-state index in [0.717, 1.165) is 28.7 Å². The van der Waals surface area contributed by atoms with Crippen LogP contribution in [0.5, 0.6) is 0 Å². The minimum absolute atomic E-state index is 0.0364. The summed E-state index contributed by atoms with van der Waals surface area (Å²) in [4.78, 5) is 12.8. The van der Waals surface area contributed by atoms with E-state index in [1.54, 1.807) is 18.2 Å². The lowest BCUT2D eigenvalue weighted by atomic mass is 9.81. The SMILES string of the molecule is CC1(C)C(/C=C/C(=C/C=C2\N(CCCCS(=O)(=O)[O-])c3cc(S(=O)(=O)[O-])ccc3C2(C)C)c2ccc(CCC(=O)O)cc2)=[N+](CCCCS(=O)(=O)[O-])c2cc(S(C)(=O)=O)ccc21. The van der Waals surface area contributed by atoms with Crippen molar-refractivity contribution in [3.8, 4) is 0 Å². The molecule has 0 saturated carbocycles. The summed E-state index contributed by atoms with van der Waals surface area (Å²) < 4.78 is 132. The number of nitrogens with zero attached hydrogens (tertiary/aromatic N) is 2. The fourth-order valence-electron chi connectivity index (χ4n) is 8.00. The maximum atomic E-state index is 12.7. The number of aliphatic carboxylic acids is 1. The highest BCUT2D eigenvalue weighted by Crippen LogP contribution is 2.49. The van der Waals surface area contributed by atoms with Crippen LogP contribution in [0.25, 0.3) is 5.57 Å². The second-order valence-electron chi connectivity index (χ2n) is 16.6. The van der Waals surface area contributed by atoms with E-state index in [1.807, 2.05) is 85.7 Å². The summed E-state index contributed by atoms with van der Waals surface area (Å²) in [6.07, 6.45) is 9.41. The molecule has 0 saturated heterocycles. The number of benzene rings is 3. The van der Waals surface area contributed by atoms with Crippen LogP contribution in [0.4, 0.5) is 11.4 Å². The molecule has 3 aromatic rings. The third-order valence-electron chi connectivity index (χ3n) is 11.3. The lowest BCUT2D eigenvalue weighted by Crippen LogP contribution is -2.28. The first-order chi connectivity index (χ1) is 28.6. The van der Waals surface area contributed by atoms with Crippen molar-refractivity contribution >= 4 is 68.8 Å². The molecule has 2 aliphatic rings. The number of allylic oxidation sites excluding steroid dienone is 6. The highest BCUT2D eigenvalue weighted by molar-refractivity contribution is 7.90. The molecule has 0 unspecified atom stereocenters. The number of sulfone groups is 1. The van der Waals surface area contributed by atoms with Gasteiger partial charge in [0.05, 0.1) is 35.4 Å². The van der Waals surface area contributed by atoms with Crippen molar-refractivity contribution in [3.05, 3.63) is 113 Å². The molecule has 0 aromatic heterocycles. The van der Waals surface area contributed by atoms with Crippen LogP contribution in [0, 0.1) is 0 Å². The van der Waals surface area contributed by atoms with Gasteiger partial charge in [0.2, 0.25) is 5.69 Å². The highest BCUT2D eigenvalue weighted by atomic mass is 32.2. The molecule has 0 spiro atoms. The lowest BCUT2D eigenvalue weighted by molar-refractivity contribution is -0.438. The van der Waals surface area contributed by atoms with Gasteiger partial charge < -0.3 is 23.7 Å². The monoisotopic (exact) mass is 930 g/mol.